The Morgan fingerprint density at radius 2 is 2.00 bits per heavy atom. The molecule has 1 aromatic carbocycles. The molecule has 0 saturated carbocycles. The molecule has 1 spiro atoms. The van der Waals surface area contributed by atoms with Crippen molar-refractivity contribution in [3.8, 4) is 0 Å². The third-order valence-corrected chi connectivity index (χ3v) is 5.17. The Hall–Kier alpha value is -1.13. The summed E-state index contributed by atoms with van der Waals surface area (Å²) in [6.07, 6.45) is 5.22. The zero-order valence-corrected chi connectivity index (χ0v) is 11.9. The van der Waals surface area contributed by atoms with Gasteiger partial charge in [-0.2, -0.15) is 0 Å². The molecule has 0 bridgehead atoms. The molecule has 0 amide bonds. The topological polar surface area (TPSA) is 35.5 Å². The molecule has 3 rings (SSSR count). The van der Waals surface area contributed by atoms with E-state index in [1.807, 2.05) is 31.2 Å². The third kappa shape index (κ3) is 2.60. The van der Waals surface area contributed by atoms with Crippen molar-refractivity contribution >= 4 is 10.8 Å². The first kappa shape index (κ1) is 12.9. The Labute approximate surface area is 116 Å². The van der Waals surface area contributed by atoms with Gasteiger partial charge in [0.15, 0.2) is 0 Å². The van der Waals surface area contributed by atoms with Gasteiger partial charge >= 0.3 is 0 Å². The van der Waals surface area contributed by atoms with Crippen LogP contribution in [0.1, 0.15) is 31.2 Å². The SMILES string of the molecule is Cc1ccc(S(=O)C2=CO[C@]3(CCCO3)CC2)cc1. The molecule has 102 valence electrons. The normalized spacial score (nSPS) is 27.9. The van der Waals surface area contributed by atoms with Crippen LogP contribution in [0.5, 0.6) is 0 Å². The molecular weight excluding hydrogens is 260 g/mol. The van der Waals surface area contributed by atoms with Crippen molar-refractivity contribution in [2.24, 2.45) is 0 Å². The molecule has 0 radical (unpaired) electrons. The van der Waals surface area contributed by atoms with Crippen LogP contribution < -0.4 is 0 Å². The molecule has 19 heavy (non-hydrogen) atoms. The minimum atomic E-state index is -1.11. The summed E-state index contributed by atoms with van der Waals surface area (Å²) in [6.45, 7) is 2.79. The molecule has 3 nitrogen and oxygen atoms in total. The van der Waals surface area contributed by atoms with E-state index in [2.05, 4.69) is 0 Å². The maximum atomic E-state index is 12.4. The fourth-order valence-electron chi connectivity index (χ4n) is 2.52. The molecule has 2 aliphatic heterocycles. The predicted molar refractivity (Wildman–Crippen MR) is 73.9 cm³/mol. The van der Waals surface area contributed by atoms with Crippen molar-refractivity contribution in [1.29, 1.82) is 0 Å². The molecule has 1 aromatic rings. The number of benzene rings is 1. The van der Waals surface area contributed by atoms with Crippen molar-refractivity contribution in [3.63, 3.8) is 0 Å². The van der Waals surface area contributed by atoms with Gasteiger partial charge in [0.1, 0.15) is 0 Å². The number of ether oxygens (including phenoxy) is 2. The molecule has 2 atom stereocenters. The van der Waals surface area contributed by atoms with E-state index in [0.29, 0.717) is 0 Å². The van der Waals surface area contributed by atoms with E-state index in [-0.39, 0.29) is 0 Å². The lowest BCUT2D eigenvalue weighted by Gasteiger charge is -2.31. The lowest BCUT2D eigenvalue weighted by Crippen LogP contribution is -2.32. The molecular formula is C15H18O3S. The van der Waals surface area contributed by atoms with Gasteiger partial charge in [-0.1, -0.05) is 17.7 Å². The first-order valence-electron chi connectivity index (χ1n) is 6.68. The first-order chi connectivity index (χ1) is 9.19. The minimum Gasteiger partial charge on any atom is -0.469 e. The minimum absolute atomic E-state index is 0.430. The molecule has 0 N–H and O–H groups in total. The van der Waals surface area contributed by atoms with Gasteiger partial charge in [-0.25, -0.2) is 4.21 Å². The second-order valence-corrected chi connectivity index (χ2v) is 6.68. The highest BCUT2D eigenvalue weighted by atomic mass is 32.2. The second kappa shape index (κ2) is 5.10. The summed E-state index contributed by atoms with van der Waals surface area (Å²) in [5.41, 5.74) is 1.17. The van der Waals surface area contributed by atoms with Gasteiger partial charge in [0.05, 0.1) is 28.6 Å². The van der Waals surface area contributed by atoms with Crippen LogP contribution in [0.4, 0.5) is 0 Å². The maximum Gasteiger partial charge on any atom is 0.210 e. The van der Waals surface area contributed by atoms with E-state index < -0.39 is 16.6 Å². The van der Waals surface area contributed by atoms with E-state index >= 15 is 0 Å². The Balaban J connectivity index is 1.75. The van der Waals surface area contributed by atoms with Gasteiger partial charge < -0.3 is 9.47 Å². The zero-order chi connectivity index (χ0) is 13.3. The summed E-state index contributed by atoms with van der Waals surface area (Å²) in [7, 11) is -1.11. The highest BCUT2D eigenvalue weighted by Gasteiger charge is 2.39. The largest absolute Gasteiger partial charge is 0.469 e. The number of hydrogen-bond acceptors (Lipinski definition) is 3. The summed E-state index contributed by atoms with van der Waals surface area (Å²) in [5, 5.41) is 0. The van der Waals surface area contributed by atoms with Crippen LogP contribution in [0.3, 0.4) is 0 Å². The summed E-state index contributed by atoms with van der Waals surface area (Å²) >= 11 is 0. The summed E-state index contributed by atoms with van der Waals surface area (Å²) < 4.78 is 23.8. The molecule has 4 heteroatoms. The zero-order valence-electron chi connectivity index (χ0n) is 11.1. The molecule has 2 aliphatic rings. The van der Waals surface area contributed by atoms with Crippen molar-refractivity contribution in [2.45, 2.75) is 43.3 Å². The monoisotopic (exact) mass is 278 g/mol. The van der Waals surface area contributed by atoms with Crippen molar-refractivity contribution in [1.82, 2.24) is 0 Å². The number of hydrogen-bond donors (Lipinski definition) is 0. The molecule has 1 fully saturated rings. The Morgan fingerprint density at radius 3 is 2.58 bits per heavy atom. The second-order valence-electron chi connectivity index (χ2n) is 5.15. The molecule has 1 saturated heterocycles. The van der Waals surface area contributed by atoms with Crippen LogP contribution in [0.25, 0.3) is 0 Å². The predicted octanol–water partition coefficient (Wildman–Crippen LogP) is 3.26. The molecule has 1 unspecified atom stereocenters. The smallest absolute Gasteiger partial charge is 0.210 e. The maximum absolute atomic E-state index is 12.4. The fraction of sp³-hybridized carbons (Fsp3) is 0.467. The van der Waals surface area contributed by atoms with Gasteiger partial charge in [0, 0.05) is 17.7 Å². The Bertz CT molecular complexity index is 513. The lowest BCUT2D eigenvalue weighted by molar-refractivity contribution is -0.185. The average Bonchev–Trinajstić information content (AvgIpc) is 2.88. The Morgan fingerprint density at radius 1 is 1.21 bits per heavy atom. The summed E-state index contributed by atoms with van der Waals surface area (Å²) in [6, 6.07) is 7.81. The van der Waals surface area contributed by atoms with Crippen molar-refractivity contribution in [2.75, 3.05) is 6.61 Å². The highest BCUT2D eigenvalue weighted by Crippen LogP contribution is 2.38. The number of aryl methyl sites for hydroxylation is 1. The van der Waals surface area contributed by atoms with Gasteiger partial charge in [0.25, 0.3) is 0 Å². The van der Waals surface area contributed by atoms with Crippen LogP contribution in [-0.4, -0.2) is 16.6 Å². The average molecular weight is 278 g/mol. The van der Waals surface area contributed by atoms with Gasteiger partial charge in [-0.3, -0.25) is 0 Å². The van der Waals surface area contributed by atoms with E-state index in [9.17, 15) is 4.21 Å². The highest BCUT2D eigenvalue weighted by molar-refractivity contribution is 7.89. The van der Waals surface area contributed by atoms with Crippen LogP contribution in [-0.2, 0) is 20.3 Å². The van der Waals surface area contributed by atoms with E-state index in [1.54, 1.807) is 6.26 Å². The van der Waals surface area contributed by atoms with E-state index in [0.717, 1.165) is 42.1 Å². The van der Waals surface area contributed by atoms with Crippen LogP contribution in [0.15, 0.2) is 40.3 Å². The van der Waals surface area contributed by atoms with Gasteiger partial charge in [-0.15, -0.1) is 0 Å². The third-order valence-electron chi connectivity index (χ3n) is 3.70. The Kier molecular flexibility index (Phi) is 3.46. The molecule has 2 heterocycles. The quantitative estimate of drug-likeness (QED) is 0.833. The van der Waals surface area contributed by atoms with Crippen molar-refractivity contribution in [3.05, 3.63) is 41.0 Å². The first-order valence-corrected chi connectivity index (χ1v) is 7.83. The fourth-order valence-corrected chi connectivity index (χ4v) is 3.63. The van der Waals surface area contributed by atoms with Crippen LogP contribution >= 0.6 is 0 Å². The summed E-state index contributed by atoms with van der Waals surface area (Å²) in [5.74, 6) is -0.430. The molecule has 0 aromatic heterocycles. The van der Waals surface area contributed by atoms with Crippen molar-refractivity contribution < 1.29 is 13.7 Å². The van der Waals surface area contributed by atoms with Crippen LogP contribution in [0, 0.1) is 6.92 Å². The standard InChI is InChI=1S/C15H18O3S/c1-12-3-5-13(6-4-12)19(16)14-7-9-15(18-11-14)8-2-10-17-15/h3-6,11H,2,7-10H2,1H3/t15-,19?/m1/s1. The van der Waals surface area contributed by atoms with Crippen LogP contribution in [0.2, 0.25) is 0 Å². The van der Waals surface area contributed by atoms with E-state index in [1.165, 1.54) is 5.56 Å². The number of rotatable bonds is 2. The van der Waals surface area contributed by atoms with Gasteiger partial charge in [-0.05, 0) is 31.9 Å². The molecule has 0 aliphatic carbocycles. The van der Waals surface area contributed by atoms with E-state index in [4.69, 9.17) is 9.47 Å². The lowest BCUT2D eigenvalue weighted by atomic mass is 10.1. The summed E-state index contributed by atoms with van der Waals surface area (Å²) in [4.78, 5) is 1.69. The van der Waals surface area contributed by atoms with Gasteiger partial charge in [0.2, 0.25) is 5.79 Å². The number of allylic oxidation sites excluding steroid dienone is 1.